The van der Waals surface area contributed by atoms with Gasteiger partial charge in [0.05, 0.1) is 12.5 Å². The van der Waals surface area contributed by atoms with Gasteiger partial charge in [-0.15, -0.1) is 0 Å². The Morgan fingerprint density at radius 1 is 1.50 bits per heavy atom. The van der Waals surface area contributed by atoms with E-state index in [1.165, 1.54) is 0 Å². The molecule has 0 aromatic carbocycles. The summed E-state index contributed by atoms with van der Waals surface area (Å²) in [7, 11) is 1.90. The molecule has 0 saturated carbocycles. The Balaban J connectivity index is 1.89. The van der Waals surface area contributed by atoms with Gasteiger partial charge >= 0.3 is 0 Å². The van der Waals surface area contributed by atoms with Crippen LogP contribution in [0, 0.1) is 0 Å². The quantitative estimate of drug-likeness (QED) is 0.833. The molecular formula is C12H14N2O2. The van der Waals surface area contributed by atoms with Crippen molar-refractivity contribution >= 4 is 0 Å². The van der Waals surface area contributed by atoms with Crippen LogP contribution in [0.2, 0.25) is 0 Å². The average molecular weight is 218 g/mol. The monoisotopic (exact) mass is 218 g/mol. The largest absolute Gasteiger partial charge is 0.484 e. The fourth-order valence-corrected chi connectivity index (χ4v) is 1.39. The highest BCUT2D eigenvalue weighted by atomic mass is 16.5. The molecule has 16 heavy (non-hydrogen) atoms. The van der Waals surface area contributed by atoms with E-state index in [-0.39, 0.29) is 0 Å². The summed E-state index contributed by atoms with van der Waals surface area (Å²) >= 11 is 0. The molecule has 0 atom stereocenters. The standard InChI is InChI=1S/C12H14N2O2/c1-13-6-10-5-12(15-8-10)9-16-11-3-2-4-14-7-11/h2-5,7-8,13H,6,9H2,1H3. The second-order valence-electron chi connectivity index (χ2n) is 3.43. The van der Waals surface area contributed by atoms with Crippen LogP contribution >= 0.6 is 0 Å². The fraction of sp³-hybridized carbons (Fsp3) is 0.250. The first-order valence-corrected chi connectivity index (χ1v) is 5.12. The van der Waals surface area contributed by atoms with Crippen LogP contribution < -0.4 is 10.1 Å². The van der Waals surface area contributed by atoms with E-state index in [9.17, 15) is 0 Å². The lowest BCUT2D eigenvalue weighted by atomic mass is 10.3. The highest BCUT2D eigenvalue weighted by Crippen LogP contribution is 2.12. The maximum absolute atomic E-state index is 5.51. The van der Waals surface area contributed by atoms with Crippen molar-refractivity contribution < 1.29 is 9.15 Å². The third kappa shape index (κ3) is 2.84. The molecule has 0 saturated heterocycles. The molecule has 0 aliphatic carbocycles. The van der Waals surface area contributed by atoms with E-state index in [4.69, 9.17) is 9.15 Å². The molecule has 0 fully saturated rings. The summed E-state index contributed by atoms with van der Waals surface area (Å²) in [6, 6.07) is 5.68. The van der Waals surface area contributed by atoms with Crippen molar-refractivity contribution in [2.24, 2.45) is 0 Å². The number of pyridine rings is 1. The number of nitrogens with zero attached hydrogens (tertiary/aromatic N) is 1. The van der Waals surface area contributed by atoms with Crippen LogP contribution in [0.1, 0.15) is 11.3 Å². The SMILES string of the molecule is CNCc1coc(COc2cccnc2)c1. The first-order valence-electron chi connectivity index (χ1n) is 5.12. The van der Waals surface area contributed by atoms with Crippen LogP contribution in [0.15, 0.2) is 41.3 Å². The molecule has 2 aromatic heterocycles. The van der Waals surface area contributed by atoms with Gasteiger partial charge in [0.2, 0.25) is 0 Å². The van der Waals surface area contributed by atoms with Gasteiger partial charge in [-0.3, -0.25) is 4.98 Å². The molecular weight excluding hydrogens is 204 g/mol. The van der Waals surface area contributed by atoms with Gasteiger partial charge < -0.3 is 14.5 Å². The topological polar surface area (TPSA) is 47.3 Å². The predicted octanol–water partition coefficient (Wildman–Crippen LogP) is 1.97. The summed E-state index contributed by atoms with van der Waals surface area (Å²) in [5.41, 5.74) is 1.12. The van der Waals surface area contributed by atoms with Gasteiger partial charge in [0.15, 0.2) is 0 Å². The van der Waals surface area contributed by atoms with Crippen LogP contribution in [0.25, 0.3) is 0 Å². The maximum atomic E-state index is 5.51. The molecule has 2 rings (SSSR count). The molecule has 4 nitrogen and oxygen atoms in total. The maximum Gasteiger partial charge on any atom is 0.146 e. The van der Waals surface area contributed by atoms with Crippen molar-refractivity contribution in [3.05, 3.63) is 48.2 Å². The molecule has 0 amide bonds. The highest BCUT2D eigenvalue weighted by molar-refractivity contribution is 5.17. The number of hydrogen-bond acceptors (Lipinski definition) is 4. The van der Waals surface area contributed by atoms with E-state index < -0.39 is 0 Å². The third-order valence-corrected chi connectivity index (χ3v) is 2.10. The third-order valence-electron chi connectivity index (χ3n) is 2.10. The van der Waals surface area contributed by atoms with E-state index in [1.54, 1.807) is 18.7 Å². The molecule has 0 aliphatic rings. The highest BCUT2D eigenvalue weighted by Gasteiger charge is 2.02. The van der Waals surface area contributed by atoms with E-state index >= 15 is 0 Å². The van der Waals surface area contributed by atoms with Crippen LogP contribution in [-0.2, 0) is 13.2 Å². The van der Waals surface area contributed by atoms with Gasteiger partial charge in [-0.25, -0.2) is 0 Å². The molecule has 84 valence electrons. The smallest absolute Gasteiger partial charge is 0.146 e. The zero-order valence-electron chi connectivity index (χ0n) is 9.14. The molecule has 4 heteroatoms. The Hall–Kier alpha value is -1.81. The molecule has 0 aliphatic heterocycles. The van der Waals surface area contributed by atoms with Crippen molar-refractivity contribution in [1.82, 2.24) is 10.3 Å². The van der Waals surface area contributed by atoms with Crippen LogP contribution in [0.5, 0.6) is 5.75 Å². The van der Waals surface area contributed by atoms with E-state index in [0.29, 0.717) is 6.61 Å². The summed E-state index contributed by atoms with van der Waals surface area (Å²) in [6.45, 7) is 1.23. The second kappa shape index (κ2) is 5.32. The lowest BCUT2D eigenvalue weighted by molar-refractivity contribution is 0.269. The van der Waals surface area contributed by atoms with Crippen molar-refractivity contribution in [2.75, 3.05) is 7.05 Å². The van der Waals surface area contributed by atoms with Gasteiger partial charge in [-0.2, -0.15) is 0 Å². The molecule has 2 heterocycles. The van der Waals surface area contributed by atoms with Gasteiger partial charge in [-0.1, -0.05) is 0 Å². The van der Waals surface area contributed by atoms with Crippen molar-refractivity contribution in [3.8, 4) is 5.75 Å². The minimum atomic E-state index is 0.426. The lowest BCUT2D eigenvalue weighted by Gasteiger charge is -2.01. The van der Waals surface area contributed by atoms with E-state index in [2.05, 4.69) is 10.3 Å². The summed E-state index contributed by atoms with van der Waals surface area (Å²) in [6.07, 6.45) is 5.13. The Kier molecular flexibility index (Phi) is 3.56. The average Bonchev–Trinajstić information content (AvgIpc) is 2.76. The van der Waals surface area contributed by atoms with Crippen LogP contribution in [0.4, 0.5) is 0 Å². The Bertz CT molecular complexity index is 426. The molecule has 2 aromatic rings. The summed E-state index contributed by atoms with van der Waals surface area (Å²) in [5, 5.41) is 3.06. The number of nitrogens with one attached hydrogen (secondary N) is 1. The Morgan fingerprint density at radius 2 is 2.44 bits per heavy atom. The molecule has 1 N–H and O–H groups in total. The van der Waals surface area contributed by atoms with Gasteiger partial charge in [0.25, 0.3) is 0 Å². The number of hydrogen-bond donors (Lipinski definition) is 1. The zero-order valence-corrected chi connectivity index (χ0v) is 9.14. The number of rotatable bonds is 5. The van der Waals surface area contributed by atoms with E-state index in [1.807, 2.05) is 25.2 Å². The first-order chi connectivity index (χ1) is 7.88. The molecule has 0 radical (unpaired) electrons. The van der Waals surface area contributed by atoms with Crippen molar-refractivity contribution in [1.29, 1.82) is 0 Å². The fourth-order valence-electron chi connectivity index (χ4n) is 1.39. The Morgan fingerprint density at radius 3 is 3.19 bits per heavy atom. The van der Waals surface area contributed by atoms with Gasteiger partial charge in [0, 0.05) is 18.3 Å². The van der Waals surface area contributed by atoms with Gasteiger partial charge in [-0.05, 0) is 25.2 Å². The normalized spacial score (nSPS) is 10.3. The van der Waals surface area contributed by atoms with Crippen LogP contribution in [-0.4, -0.2) is 12.0 Å². The minimum absolute atomic E-state index is 0.426. The first kappa shape index (κ1) is 10.7. The Labute approximate surface area is 94.3 Å². The second-order valence-corrected chi connectivity index (χ2v) is 3.43. The summed E-state index contributed by atoms with van der Waals surface area (Å²) in [4.78, 5) is 3.97. The molecule has 0 unspecified atom stereocenters. The predicted molar refractivity (Wildman–Crippen MR) is 60.0 cm³/mol. The number of ether oxygens (including phenoxy) is 1. The molecule has 0 bridgehead atoms. The summed E-state index contributed by atoms with van der Waals surface area (Å²) < 4.78 is 10.9. The molecule has 0 spiro atoms. The van der Waals surface area contributed by atoms with Crippen LogP contribution in [0.3, 0.4) is 0 Å². The summed E-state index contributed by atoms with van der Waals surface area (Å²) in [5.74, 6) is 1.56. The minimum Gasteiger partial charge on any atom is -0.484 e. The van der Waals surface area contributed by atoms with Crippen molar-refractivity contribution in [2.45, 2.75) is 13.2 Å². The van der Waals surface area contributed by atoms with Crippen molar-refractivity contribution in [3.63, 3.8) is 0 Å². The zero-order chi connectivity index (χ0) is 11.2. The number of furan rings is 1. The lowest BCUT2D eigenvalue weighted by Crippen LogP contribution is -2.03. The van der Waals surface area contributed by atoms with Gasteiger partial charge in [0.1, 0.15) is 18.1 Å². The number of aromatic nitrogens is 1. The van der Waals surface area contributed by atoms with E-state index in [0.717, 1.165) is 23.6 Å².